The molecule has 16 heavy (non-hydrogen) atoms. The van der Waals surface area contributed by atoms with Gasteiger partial charge in [0.15, 0.2) is 0 Å². The molecule has 84 valence electrons. The summed E-state index contributed by atoms with van der Waals surface area (Å²) in [5.74, 6) is 0. The second-order valence-electron chi connectivity index (χ2n) is 3.50. The maximum absolute atomic E-state index is 10.1. The standard InChI is InChI=1S/C12H10BrIOS/c13-9-5-11(16-7-9)6-12(15)8-1-3-10(14)4-2-8/h1-5,7,12,15H,6H2. The van der Waals surface area contributed by atoms with E-state index >= 15 is 0 Å². The number of aliphatic hydroxyl groups is 1. The van der Waals surface area contributed by atoms with Gasteiger partial charge in [-0.05, 0) is 62.3 Å². The molecular weight excluding hydrogens is 399 g/mol. The zero-order valence-electron chi connectivity index (χ0n) is 8.36. The van der Waals surface area contributed by atoms with Crippen molar-refractivity contribution in [2.45, 2.75) is 12.5 Å². The molecule has 0 bridgehead atoms. The largest absolute Gasteiger partial charge is 0.388 e. The van der Waals surface area contributed by atoms with Crippen molar-refractivity contribution in [3.63, 3.8) is 0 Å². The molecule has 0 spiro atoms. The lowest BCUT2D eigenvalue weighted by atomic mass is 10.1. The van der Waals surface area contributed by atoms with Gasteiger partial charge in [-0.3, -0.25) is 0 Å². The first-order valence-corrected chi connectivity index (χ1v) is 7.57. The van der Waals surface area contributed by atoms with Gasteiger partial charge in [-0.1, -0.05) is 12.1 Å². The van der Waals surface area contributed by atoms with Crippen molar-refractivity contribution in [1.29, 1.82) is 0 Å². The van der Waals surface area contributed by atoms with Crippen molar-refractivity contribution in [2.24, 2.45) is 0 Å². The van der Waals surface area contributed by atoms with Crippen LogP contribution in [0.15, 0.2) is 40.2 Å². The van der Waals surface area contributed by atoms with E-state index in [0.717, 1.165) is 10.0 Å². The smallest absolute Gasteiger partial charge is 0.0838 e. The Morgan fingerprint density at radius 2 is 2.00 bits per heavy atom. The summed E-state index contributed by atoms with van der Waals surface area (Å²) in [6.07, 6.45) is 0.263. The summed E-state index contributed by atoms with van der Waals surface area (Å²) in [7, 11) is 0. The minimum Gasteiger partial charge on any atom is -0.388 e. The van der Waals surface area contributed by atoms with Gasteiger partial charge in [-0.25, -0.2) is 0 Å². The fourth-order valence-corrected chi connectivity index (χ4v) is 3.30. The average molecular weight is 409 g/mol. The van der Waals surface area contributed by atoms with E-state index in [0.29, 0.717) is 6.42 Å². The summed E-state index contributed by atoms with van der Waals surface area (Å²) in [4.78, 5) is 1.19. The predicted molar refractivity (Wildman–Crippen MR) is 79.8 cm³/mol. The minimum atomic E-state index is -0.414. The van der Waals surface area contributed by atoms with Crippen LogP contribution in [0.2, 0.25) is 0 Å². The lowest BCUT2D eigenvalue weighted by Gasteiger charge is -2.09. The van der Waals surface area contributed by atoms with E-state index in [1.54, 1.807) is 11.3 Å². The van der Waals surface area contributed by atoms with Crippen LogP contribution in [-0.4, -0.2) is 5.11 Å². The SMILES string of the molecule is OC(Cc1cc(Br)cs1)c1ccc(I)cc1. The van der Waals surface area contributed by atoms with Gasteiger partial charge in [-0.15, -0.1) is 11.3 Å². The molecule has 1 nitrogen and oxygen atoms in total. The molecule has 0 radical (unpaired) electrons. The molecule has 0 saturated heterocycles. The molecule has 2 aromatic rings. The molecule has 0 aliphatic rings. The Labute approximate surface area is 121 Å². The highest BCUT2D eigenvalue weighted by Crippen LogP contribution is 2.25. The number of benzene rings is 1. The van der Waals surface area contributed by atoms with Crippen molar-refractivity contribution in [3.05, 3.63) is 54.2 Å². The molecule has 4 heteroatoms. The molecule has 0 saturated carbocycles. The van der Waals surface area contributed by atoms with Crippen LogP contribution in [0.5, 0.6) is 0 Å². The van der Waals surface area contributed by atoms with Crippen molar-refractivity contribution < 1.29 is 5.11 Å². The van der Waals surface area contributed by atoms with Gasteiger partial charge in [0.25, 0.3) is 0 Å². The van der Waals surface area contributed by atoms with Gasteiger partial charge >= 0.3 is 0 Å². The Morgan fingerprint density at radius 1 is 1.31 bits per heavy atom. The summed E-state index contributed by atoms with van der Waals surface area (Å²) in [5.41, 5.74) is 0.977. The predicted octanol–water partition coefficient (Wildman–Crippen LogP) is 4.39. The monoisotopic (exact) mass is 408 g/mol. The van der Waals surface area contributed by atoms with Crippen molar-refractivity contribution in [3.8, 4) is 0 Å². The van der Waals surface area contributed by atoms with Crippen LogP contribution in [0.3, 0.4) is 0 Å². The van der Waals surface area contributed by atoms with E-state index in [1.807, 2.05) is 29.6 Å². The topological polar surface area (TPSA) is 20.2 Å². The summed E-state index contributed by atoms with van der Waals surface area (Å²) < 4.78 is 2.27. The molecule has 0 aliphatic carbocycles. The molecule has 0 aliphatic heterocycles. The average Bonchev–Trinajstić information content (AvgIpc) is 2.65. The normalized spacial score (nSPS) is 12.7. The zero-order chi connectivity index (χ0) is 11.5. The number of aliphatic hydroxyl groups excluding tert-OH is 1. The van der Waals surface area contributed by atoms with Gasteiger partial charge < -0.3 is 5.11 Å². The molecule has 0 fully saturated rings. The maximum atomic E-state index is 10.1. The summed E-state index contributed by atoms with van der Waals surface area (Å²) >= 11 is 7.34. The van der Waals surface area contributed by atoms with Gasteiger partial charge in [0.05, 0.1) is 6.10 Å². The molecule has 1 aromatic heterocycles. The van der Waals surface area contributed by atoms with Gasteiger partial charge in [0.1, 0.15) is 0 Å². The van der Waals surface area contributed by atoms with Gasteiger partial charge in [-0.2, -0.15) is 0 Å². The minimum absolute atomic E-state index is 0.414. The lowest BCUT2D eigenvalue weighted by Crippen LogP contribution is -2.00. The highest BCUT2D eigenvalue weighted by Gasteiger charge is 2.09. The fourth-order valence-electron chi connectivity index (χ4n) is 1.45. The molecule has 1 atom stereocenters. The van der Waals surface area contributed by atoms with Crippen molar-refractivity contribution in [1.82, 2.24) is 0 Å². The highest BCUT2D eigenvalue weighted by molar-refractivity contribution is 14.1. The van der Waals surface area contributed by atoms with E-state index < -0.39 is 6.10 Å². The summed E-state index contributed by atoms with van der Waals surface area (Å²) in [6, 6.07) is 10.1. The lowest BCUT2D eigenvalue weighted by molar-refractivity contribution is 0.179. The molecule has 1 N–H and O–H groups in total. The third-order valence-electron chi connectivity index (χ3n) is 2.27. The fraction of sp³-hybridized carbons (Fsp3) is 0.167. The molecule has 2 rings (SSSR count). The summed E-state index contributed by atoms with van der Waals surface area (Å²) in [6.45, 7) is 0. The Kier molecular flexibility index (Phi) is 4.41. The number of thiophene rings is 1. The number of hydrogen-bond donors (Lipinski definition) is 1. The Balaban J connectivity index is 2.08. The first-order chi connectivity index (χ1) is 7.65. The third-order valence-corrected chi connectivity index (χ3v) is 4.71. The Bertz CT molecular complexity index is 466. The second kappa shape index (κ2) is 5.62. The molecular formula is C12H10BrIOS. The van der Waals surface area contributed by atoms with E-state index in [9.17, 15) is 5.11 Å². The van der Waals surface area contributed by atoms with E-state index in [4.69, 9.17) is 0 Å². The van der Waals surface area contributed by atoms with Crippen molar-refractivity contribution in [2.75, 3.05) is 0 Å². The van der Waals surface area contributed by atoms with Crippen LogP contribution in [0.1, 0.15) is 16.5 Å². The van der Waals surface area contributed by atoms with E-state index in [-0.39, 0.29) is 0 Å². The highest BCUT2D eigenvalue weighted by atomic mass is 127. The quantitative estimate of drug-likeness (QED) is 0.746. The number of rotatable bonds is 3. The van der Waals surface area contributed by atoms with Gasteiger partial charge in [0, 0.05) is 24.7 Å². The summed E-state index contributed by atoms with van der Waals surface area (Å²) in [5, 5.41) is 12.1. The maximum Gasteiger partial charge on any atom is 0.0838 e. The molecule has 0 amide bonds. The third kappa shape index (κ3) is 3.29. The van der Waals surface area contributed by atoms with Crippen LogP contribution in [0, 0.1) is 3.57 Å². The Hall–Kier alpha value is 0.0900. The van der Waals surface area contributed by atoms with E-state index in [2.05, 4.69) is 44.6 Å². The Morgan fingerprint density at radius 3 is 2.56 bits per heavy atom. The molecule has 1 heterocycles. The van der Waals surface area contributed by atoms with Crippen LogP contribution in [0.25, 0.3) is 0 Å². The zero-order valence-corrected chi connectivity index (χ0v) is 12.9. The van der Waals surface area contributed by atoms with Crippen molar-refractivity contribution >= 4 is 49.9 Å². The van der Waals surface area contributed by atoms with Crippen LogP contribution < -0.4 is 0 Å². The number of halogens is 2. The molecule has 1 unspecified atom stereocenters. The van der Waals surface area contributed by atoms with E-state index in [1.165, 1.54) is 8.45 Å². The first-order valence-electron chi connectivity index (χ1n) is 4.81. The number of hydrogen-bond acceptors (Lipinski definition) is 2. The van der Waals surface area contributed by atoms with Crippen LogP contribution in [0.4, 0.5) is 0 Å². The first kappa shape index (κ1) is 12.5. The molecule has 1 aromatic carbocycles. The van der Waals surface area contributed by atoms with Gasteiger partial charge in [0.2, 0.25) is 0 Å². The van der Waals surface area contributed by atoms with Crippen LogP contribution >= 0.6 is 49.9 Å². The second-order valence-corrected chi connectivity index (χ2v) is 6.66. The van der Waals surface area contributed by atoms with Crippen LogP contribution in [-0.2, 0) is 6.42 Å².